The molecule has 0 fully saturated rings. The maximum Gasteiger partial charge on any atom is 0.472 e. The van der Waals surface area contributed by atoms with E-state index in [2.05, 4.69) is 43.5 Å². The third-order valence-corrected chi connectivity index (χ3v) is 12.5. The summed E-state index contributed by atoms with van der Waals surface area (Å²) in [4.78, 5) is 23.2. The highest BCUT2D eigenvalue weighted by Gasteiger charge is 2.31. The van der Waals surface area contributed by atoms with Gasteiger partial charge in [-0.1, -0.05) is 199 Å². The topological polar surface area (TPSA) is 125 Å². The molecule has 4 N–H and O–H groups in total. The summed E-state index contributed by atoms with van der Waals surface area (Å²) in [5.41, 5.74) is 0. The van der Waals surface area contributed by atoms with Gasteiger partial charge in [-0.05, 0) is 51.4 Å². The van der Waals surface area contributed by atoms with Crippen LogP contribution in [0.1, 0.15) is 232 Å². The van der Waals surface area contributed by atoms with Crippen LogP contribution in [0, 0.1) is 0 Å². The van der Waals surface area contributed by atoms with Crippen LogP contribution in [0.3, 0.4) is 0 Å². The lowest BCUT2D eigenvalue weighted by molar-refractivity contribution is -0.870. The molecule has 356 valence electrons. The van der Waals surface area contributed by atoms with Crippen molar-refractivity contribution in [1.82, 2.24) is 5.32 Å². The van der Waals surface area contributed by atoms with Gasteiger partial charge in [-0.3, -0.25) is 13.8 Å². The van der Waals surface area contributed by atoms with Gasteiger partial charge in [0, 0.05) is 6.42 Å². The maximum atomic E-state index is 12.9. The molecule has 0 aliphatic carbocycles. The summed E-state index contributed by atoms with van der Waals surface area (Å²) in [5, 5.41) is 24.7. The largest absolute Gasteiger partial charge is 0.472 e. The molecular weight excluding hydrogens is 772 g/mol. The number of rotatable bonds is 46. The Hall–Kier alpha value is -1.06. The molecule has 1 amide bonds. The van der Waals surface area contributed by atoms with E-state index in [1.54, 1.807) is 0 Å². The second-order valence-corrected chi connectivity index (χ2v) is 20.1. The summed E-state index contributed by atoms with van der Waals surface area (Å²) in [6, 6.07) is -1.05. The van der Waals surface area contributed by atoms with Crippen LogP contribution in [-0.4, -0.2) is 84.6 Å². The number of unbranched alkanes of at least 4 members (excludes halogenated alkanes) is 28. The quantitative estimate of drug-likeness (QED) is 0.0208. The Labute approximate surface area is 371 Å². The molecule has 0 aromatic heterocycles. The van der Waals surface area contributed by atoms with Crippen molar-refractivity contribution in [3.8, 4) is 0 Å². The Balaban J connectivity index is 4.29. The predicted molar refractivity (Wildman–Crippen MR) is 255 cm³/mol. The van der Waals surface area contributed by atoms with Gasteiger partial charge in [0.05, 0.1) is 39.9 Å². The number of likely N-dealkylation sites (N-methyl/N-ethyl adjacent to an activating group) is 1. The third kappa shape index (κ3) is 42.3. The second-order valence-electron chi connectivity index (χ2n) is 18.7. The van der Waals surface area contributed by atoms with Crippen molar-refractivity contribution in [2.45, 2.75) is 250 Å². The van der Waals surface area contributed by atoms with E-state index in [4.69, 9.17) is 9.05 Å². The molecule has 0 saturated carbocycles. The van der Waals surface area contributed by atoms with Crippen LogP contribution in [0.25, 0.3) is 0 Å². The number of carbonyl (C=O) groups excluding carboxylic acids is 1. The number of aliphatic hydroxyl groups excluding tert-OH is 2. The first-order chi connectivity index (χ1) is 28.9. The number of amides is 1. The maximum absolute atomic E-state index is 12.9. The Morgan fingerprint density at radius 2 is 0.950 bits per heavy atom. The Morgan fingerprint density at radius 1 is 0.567 bits per heavy atom. The molecule has 0 saturated heterocycles. The van der Waals surface area contributed by atoms with Gasteiger partial charge in [-0.2, -0.15) is 0 Å². The number of carbonyl (C=O) groups is 1. The van der Waals surface area contributed by atoms with E-state index >= 15 is 0 Å². The number of hydrogen-bond acceptors (Lipinski definition) is 6. The van der Waals surface area contributed by atoms with E-state index in [0.29, 0.717) is 23.9 Å². The minimum Gasteiger partial charge on any atom is -0.390 e. The molecule has 4 unspecified atom stereocenters. The number of allylic oxidation sites excluding steroid dienone is 4. The fourth-order valence-corrected chi connectivity index (χ4v) is 8.19. The van der Waals surface area contributed by atoms with Crippen LogP contribution >= 0.6 is 7.82 Å². The SMILES string of the molecule is CCCCC/C=C/CC/C=C/CCCC(O)C(O)C(COP(=O)(O)OCC[N+](C)(C)C)NC(=O)CCCCCCCCCCCCCCCCCCCCCCCCCC. The van der Waals surface area contributed by atoms with Gasteiger partial charge in [0.25, 0.3) is 0 Å². The number of phosphoric ester groups is 1. The Bertz CT molecular complexity index is 1050. The number of phosphoric acid groups is 1. The van der Waals surface area contributed by atoms with E-state index in [9.17, 15) is 24.5 Å². The minimum absolute atomic E-state index is 0.0157. The molecule has 0 aliphatic heterocycles. The van der Waals surface area contributed by atoms with E-state index < -0.39 is 32.7 Å². The lowest BCUT2D eigenvalue weighted by Gasteiger charge is -2.28. The summed E-state index contributed by atoms with van der Waals surface area (Å²) in [6.45, 7) is 4.56. The number of aliphatic hydroxyl groups is 2. The highest BCUT2D eigenvalue weighted by atomic mass is 31.2. The van der Waals surface area contributed by atoms with E-state index in [1.165, 1.54) is 154 Å². The molecule has 0 heterocycles. The van der Waals surface area contributed by atoms with Crippen molar-refractivity contribution in [3.63, 3.8) is 0 Å². The van der Waals surface area contributed by atoms with E-state index in [-0.39, 0.29) is 18.9 Å². The number of nitrogens with one attached hydrogen (secondary N) is 1. The first-order valence-electron chi connectivity index (χ1n) is 25.3. The van der Waals surface area contributed by atoms with Gasteiger partial charge in [-0.15, -0.1) is 0 Å². The van der Waals surface area contributed by atoms with Crippen LogP contribution in [0.15, 0.2) is 24.3 Å². The van der Waals surface area contributed by atoms with E-state index in [1.807, 2.05) is 21.1 Å². The Morgan fingerprint density at radius 3 is 1.38 bits per heavy atom. The van der Waals surface area contributed by atoms with Gasteiger partial charge in [0.2, 0.25) is 5.91 Å². The van der Waals surface area contributed by atoms with Crippen molar-refractivity contribution in [2.75, 3.05) is 40.9 Å². The lowest BCUT2D eigenvalue weighted by Crippen LogP contribution is -2.51. The summed E-state index contributed by atoms with van der Waals surface area (Å²) < 4.78 is 23.5. The van der Waals surface area contributed by atoms with Crippen molar-refractivity contribution in [1.29, 1.82) is 0 Å². The van der Waals surface area contributed by atoms with Gasteiger partial charge < -0.3 is 24.9 Å². The summed E-state index contributed by atoms with van der Waals surface area (Å²) in [5.74, 6) is -0.269. The van der Waals surface area contributed by atoms with Crippen molar-refractivity contribution >= 4 is 13.7 Å². The molecule has 0 aromatic carbocycles. The van der Waals surface area contributed by atoms with Gasteiger partial charge in [-0.25, -0.2) is 4.57 Å². The first kappa shape index (κ1) is 58.9. The summed E-state index contributed by atoms with van der Waals surface area (Å²) >= 11 is 0. The average molecular weight is 872 g/mol. The monoisotopic (exact) mass is 872 g/mol. The number of hydrogen-bond donors (Lipinski definition) is 4. The molecule has 10 heteroatoms. The molecule has 0 rings (SSSR count). The highest BCUT2D eigenvalue weighted by molar-refractivity contribution is 7.47. The smallest absolute Gasteiger partial charge is 0.390 e. The fourth-order valence-electron chi connectivity index (χ4n) is 7.45. The minimum atomic E-state index is -4.42. The molecule has 0 aromatic rings. The van der Waals surface area contributed by atoms with Crippen molar-refractivity contribution < 1.29 is 38.0 Å². The van der Waals surface area contributed by atoms with Crippen molar-refractivity contribution in [2.24, 2.45) is 0 Å². The molecule has 0 radical (unpaired) electrons. The average Bonchev–Trinajstić information content (AvgIpc) is 3.20. The van der Waals surface area contributed by atoms with Crippen LogP contribution < -0.4 is 5.32 Å². The standard InChI is InChI=1S/C50H99N2O7P/c1-6-8-10-12-14-16-18-20-21-22-23-24-25-26-27-28-29-30-31-33-35-37-39-41-43-49(54)51-47(46-59-60(56,57)58-45-44-52(3,4)5)50(55)48(53)42-40-38-36-34-32-19-17-15-13-11-9-7-2/h15,17,34,36,47-48,50,53,55H,6-14,16,18-33,35,37-46H2,1-5H3,(H-,51,54,56,57)/p+1/b17-15+,36-34+. The molecule has 9 nitrogen and oxygen atoms in total. The molecule has 60 heavy (non-hydrogen) atoms. The van der Waals surface area contributed by atoms with E-state index in [0.717, 1.165) is 44.9 Å². The van der Waals surface area contributed by atoms with Gasteiger partial charge in [0.1, 0.15) is 19.3 Å². The van der Waals surface area contributed by atoms with Gasteiger partial charge in [0.15, 0.2) is 0 Å². The highest BCUT2D eigenvalue weighted by Crippen LogP contribution is 2.43. The molecule has 4 atom stereocenters. The number of nitrogens with zero attached hydrogens (tertiary/aromatic N) is 1. The van der Waals surface area contributed by atoms with Crippen LogP contribution in [-0.2, 0) is 18.4 Å². The Kier molecular flexibility index (Phi) is 41.2. The summed E-state index contributed by atoms with van der Waals surface area (Å²) in [6.07, 6.45) is 46.9. The lowest BCUT2D eigenvalue weighted by atomic mass is 10.0. The zero-order valence-corrected chi connectivity index (χ0v) is 41.0. The summed E-state index contributed by atoms with van der Waals surface area (Å²) in [7, 11) is 1.42. The normalized spacial score (nSPS) is 14.9. The zero-order chi connectivity index (χ0) is 44.4. The fraction of sp³-hybridized carbons (Fsp3) is 0.900. The number of quaternary nitrogens is 1. The molecule has 0 bridgehead atoms. The van der Waals surface area contributed by atoms with Crippen molar-refractivity contribution in [3.05, 3.63) is 24.3 Å². The van der Waals surface area contributed by atoms with Crippen LogP contribution in [0.2, 0.25) is 0 Å². The third-order valence-electron chi connectivity index (χ3n) is 11.5. The molecule has 0 aliphatic rings. The van der Waals surface area contributed by atoms with Gasteiger partial charge >= 0.3 is 7.82 Å². The predicted octanol–water partition coefficient (Wildman–Crippen LogP) is 13.4. The second kappa shape index (κ2) is 41.9. The first-order valence-corrected chi connectivity index (χ1v) is 26.8. The molecule has 0 spiro atoms. The van der Waals surface area contributed by atoms with Crippen LogP contribution in [0.5, 0.6) is 0 Å². The molecular formula is C50H100N2O7P+. The zero-order valence-electron chi connectivity index (χ0n) is 40.1. The van der Waals surface area contributed by atoms with Crippen LogP contribution in [0.4, 0.5) is 0 Å².